The topological polar surface area (TPSA) is 64.4 Å². The van der Waals surface area contributed by atoms with Gasteiger partial charge in [-0.25, -0.2) is 4.39 Å². The van der Waals surface area contributed by atoms with Gasteiger partial charge in [-0.1, -0.05) is 12.1 Å². The molecular formula is C19H21FN2O3. The summed E-state index contributed by atoms with van der Waals surface area (Å²) in [6.45, 7) is 0.645. The summed E-state index contributed by atoms with van der Waals surface area (Å²) in [6.07, 6.45) is 4.89. The van der Waals surface area contributed by atoms with Gasteiger partial charge in [-0.05, 0) is 55.9 Å². The molecule has 0 bridgehead atoms. The van der Waals surface area contributed by atoms with Gasteiger partial charge < -0.3 is 10.1 Å². The molecule has 5 nitrogen and oxygen atoms in total. The lowest BCUT2D eigenvalue weighted by atomic mass is 10.1. The molecule has 3 rings (SSSR count). The zero-order valence-electron chi connectivity index (χ0n) is 13.9. The van der Waals surface area contributed by atoms with E-state index in [4.69, 9.17) is 4.74 Å². The molecular weight excluding hydrogens is 323 g/mol. The number of benzene rings is 2. The first-order chi connectivity index (χ1) is 12.1. The fourth-order valence-corrected chi connectivity index (χ4v) is 3.06. The molecule has 0 saturated heterocycles. The number of anilines is 1. The molecule has 0 heterocycles. The van der Waals surface area contributed by atoms with Gasteiger partial charge in [0.2, 0.25) is 0 Å². The lowest BCUT2D eigenvalue weighted by molar-refractivity contribution is -0.386. The van der Waals surface area contributed by atoms with Crippen molar-refractivity contribution >= 4 is 11.4 Å². The van der Waals surface area contributed by atoms with Gasteiger partial charge in [0.05, 0.1) is 11.0 Å². The van der Waals surface area contributed by atoms with Crippen LogP contribution in [0.4, 0.5) is 15.8 Å². The first-order valence-corrected chi connectivity index (χ1v) is 8.55. The molecule has 0 atom stereocenters. The zero-order chi connectivity index (χ0) is 17.6. The fourth-order valence-electron chi connectivity index (χ4n) is 3.06. The van der Waals surface area contributed by atoms with E-state index in [1.807, 2.05) is 0 Å². The molecule has 0 amide bonds. The van der Waals surface area contributed by atoms with E-state index in [2.05, 4.69) is 5.32 Å². The van der Waals surface area contributed by atoms with Crippen molar-refractivity contribution in [2.24, 2.45) is 0 Å². The van der Waals surface area contributed by atoms with Crippen LogP contribution in [0.25, 0.3) is 0 Å². The van der Waals surface area contributed by atoms with Crippen molar-refractivity contribution in [1.29, 1.82) is 0 Å². The molecule has 0 aromatic heterocycles. The molecule has 2 aromatic rings. The summed E-state index contributed by atoms with van der Waals surface area (Å²) in [7, 11) is 0. The smallest absolute Gasteiger partial charge is 0.311 e. The third kappa shape index (κ3) is 4.68. The lowest BCUT2D eigenvalue weighted by Crippen LogP contribution is -2.12. The highest BCUT2D eigenvalue weighted by atomic mass is 19.1. The average Bonchev–Trinajstić information content (AvgIpc) is 3.10. The van der Waals surface area contributed by atoms with Gasteiger partial charge in [0.15, 0.2) is 5.75 Å². The Bertz CT molecular complexity index is 728. The highest BCUT2D eigenvalue weighted by Gasteiger charge is 2.22. The first-order valence-electron chi connectivity index (χ1n) is 8.55. The van der Waals surface area contributed by atoms with E-state index in [1.165, 1.54) is 18.2 Å². The summed E-state index contributed by atoms with van der Waals surface area (Å²) in [5.41, 5.74) is 1.80. The van der Waals surface area contributed by atoms with Crippen molar-refractivity contribution in [3.8, 4) is 5.75 Å². The number of nitro groups is 1. The van der Waals surface area contributed by atoms with Crippen molar-refractivity contribution in [1.82, 2.24) is 0 Å². The number of halogens is 1. The maximum absolute atomic E-state index is 12.9. The zero-order valence-corrected chi connectivity index (χ0v) is 13.9. The molecule has 6 heteroatoms. The van der Waals surface area contributed by atoms with Crippen molar-refractivity contribution < 1.29 is 14.1 Å². The van der Waals surface area contributed by atoms with Crippen LogP contribution in [0, 0.1) is 15.9 Å². The second kappa shape index (κ2) is 7.96. The Morgan fingerprint density at radius 1 is 1.16 bits per heavy atom. The van der Waals surface area contributed by atoms with E-state index in [-0.39, 0.29) is 17.6 Å². The molecule has 132 valence electrons. The molecule has 1 N–H and O–H groups in total. The van der Waals surface area contributed by atoms with E-state index in [0.717, 1.165) is 43.4 Å². The number of hydrogen-bond donors (Lipinski definition) is 1. The van der Waals surface area contributed by atoms with Crippen LogP contribution < -0.4 is 10.1 Å². The summed E-state index contributed by atoms with van der Waals surface area (Å²) in [6, 6.07) is 11.2. The molecule has 0 spiro atoms. The third-order valence-corrected chi connectivity index (χ3v) is 4.41. The first kappa shape index (κ1) is 17.2. The van der Waals surface area contributed by atoms with Gasteiger partial charge >= 0.3 is 5.69 Å². The maximum atomic E-state index is 12.9. The van der Waals surface area contributed by atoms with Crippen molar-refractivity contribution in [3.05, 3.63) is 64.0 Å². The number of nitrogens with zero attached hydrogens (tertiary/aromatic N) is 1. The molecule has 2 aromatic carbocycles. The van der Waals surface area contributed by atoms with Crippen LogP contribution in [0.2, 0.25) is 0 Å². The number of nitrogens with one attached hydrogen (secondary N) is 1. The minimum Gasteiger partial charge on any atom is -0.483 e. The number of ether oxygens (including phenoxy) is 1. The van der Waals surface area contributed by atoms with Gasteiger partial charge in [0.25, 0.3) is 0 Å². The normalized spacial score (nSPS) is 14.4. The molecule has 0 unspecified atom stereocenters. The maximum Gasteiger partial charge on any atom is 0.311 e. The molecule has 1 aliphatic rings. The minimum atomic E-state index is -0.410. The minimum absolute atomic E-state index is 0.00372. The standard InChI is InChI=1S/C19H21FN2O3/c20-15-7-5-14(6-8-15)11-12-21-16-9-10-18(22(23)24)19(13-16)25-17-3-1-2-4-17/h5-10,13,17,21H,1-4,11-12H2. The van der Waals surface area contributed by atoms with Gasteiger partial charge in [0, 0.05) is 24.4 Å². The van der Waals surface area contributed by atoms with E-state index >= 15 is 0 Å². The third-order valence-electron chi connectivity index (χ3n) is 4.41. The quantitative estimate of drug-likeness (QED) is 0.583. The molecule has 1 saturated carbocycles. The van der Waals surface area contributed by atoms with E-state index in [1.54, 1.807) is 24.3 Å². The van der Waals surface area contributed by atoms with Crippen LogP contribution >= 0.6 is 0 Å². The second-order valence-electron chi connectivity index (χ2n) is 6.27. The Morgan fingerprint density at radius 2 is 1.88 bits per heavy atom. The SMILES string of the molecule is O=[N+]([O-])c1ccc(NCCc2ccc(F)cc2)cc1OC1CCCC1. The summed E-state index contributed by atoms with van der Waals surface area (Å²) in [5.74, 6) is 0.0736. The van der Waals surface area contributed by atoms with E-state index in [0.29, 0.717) is 12.3 Å². The number of nitro benzene ring substituents is 1. The number of hydrogen-bond acceptors (Lipinski definition) is 4. The Morgan fingerprint density at radius 3 is 2.56 bits per heavy atom. The van der Waals surface area contributed by atoms with Gasteiger partial charge in [0.1, 0.15) is 5.82 Å². The van der Waals surface area contributed by atoms with Crippen molar-refractivity contribution in [2.45, 2.75) is 38.2 Å². The molecule has 0 radical (unpaired) electrons. The monoisotopic (exact) mass is 344 g/mol. The summed E-state index contributed by atoms with van der Waals surface area (Å²) < 4.78 is 18.8. The highest BCUT2D eigenvalue weighted by Crippen LogP contribution is 2.33. The Labute approximate surface area is 146 Å². The fraction of sp³-hybridized carbons (Fsp3) is 0.368. The van der Waals surface area contributed by atoms with E-state index < -0.39 is 4.92 Å². The van der Waals surface area contributed by atoms with Gasteiger partial charge in [-0.3, -0.25) is 10.1 Å². The summed E-state index contributed by atoms with van der Waals surface area (Å²) in [5, 5.41) is 14.5. The van der Waals surface area contributed by atoms with Crippen LogP contribution in [0.1, 0.15) is 31.2 Å². The molecule has 1 fully saturated rings. The summed E-state index contributed by atoms with van der Waals surface area (Å²) >= 11 is 0. The number of rotatable bonds is 7. The van der Waals surface area contributed by atoms with Gasteiger partial charge in [-0.2, -0.15) is 0 Å². The Hall–Kier alpha value is -2.63. The lowest BCUT2D eigenvalue weighted by Gasteiger charge is -2.14. The predicted molar refractivity (Wildman–Crippen MR) is 94.6 cm³/mol. The van der Waals surface area contributed by atoms with Crippen LogP contribution in [0.5, 0.6) is 5.75 Å². The second-order valence-corrected chi connectivity index (χ2v) is 6.27. The van der Waals surface area contributed by atoms with Crippen LogP contribution in [-0.4, -0.2) is 17.6 Å². The average molecular weight is 344 g/mol. The van der Waals surface area contributed by atoms with Crippen LogP contribution in [-0.2, 0) is 6.42 Å². The van der Waals surface area contributed by atoms with Gasteiger partial charge in [-0.15, -0.1) is 0 Å². The molecule has 1 aliphatic carbocycles. The van der Waals surface area contributed by atoms with Crippen molar-refractivity contribution in [2.75, 3.05) is 11.9 Å². The molecule has 0 aliphatic heterocycles. The predicted octanol–water partition coefficient (Wildman–Crippen LogP) is 4.71. The van der Waals surface area contributed by atoms with Crippen LogP contribution in [0.15, 0.2) is 42.5 Å². The van der Waals surface area contributed by atoms with E-state index in [9.17, 15) is 14.5 Å². The van der Waals surface area contributed by atoms with Crippen LogP contribution in [0.3, 0.4) is 0 Å². The van der Waals surface area contributed by atoms with Crippen molar-refractivity contribution in [3.63, 3.8) is 0 Å². The largest absolute Gasteiger partial charge is 0.483 e. The molecule has 25 heavy (non-hydrogen) atoms. The Balaban J connectivity index is 1.64. The summed E-state index contributed by atoms with van der Waals surface area (Å²) in [4.78, 5) is 10.8. The Kier molecular flexibility index (Phi) is 5.48. The highest BCUT2D eigenvalue weighted by molar-refractivity contribution is 5.58.